The van der Waals surface area contributed by atoms with Gasteiger partial charge in [0, 0.05) is 34.8 Å². The number of ether oxygens (including phenoxy) is 2. The first-order valence-corrected chi connectivity index (χ1v) is 13.5. The zero-order valence-corrected chi connectivity index (χ0v) is 22.2. The predicted molar refractivity (Wildman–Crippen MR) is 150 cm³/mol. The minimum absolute atomic E-state index is 0.0842. The maximum atomic E-state index is 13.1. The third-order valence-electron chi connectivity index (χ3n) is 6.74. The molecule has 2 heterocycles. The van der Waals surface area contributed by atoms with Gasteiger partial charge in [0.05, 0.1) is 0 Å². The molecule has 0 spiro atoms. The minimum Gasteiger partial charge on any atom is -0.454 e. The molecule has 6 heteroatoms. The van der Waals surface area contributed by atoms with Gasteiger partial charge in [-0.15, -0.1) is 0 Å². The first-order valence-electron chi connectivity index (χ1n) is 13.5. The molecular weight excluding hydrogens is 462 g/mol. The number of fused-ring (bicyclic) bond motifs is 1. The quantitative estimate of drug-likeness (QED) is 0.292. The van der Waals surface area contributed by atoms with Gasteiger partial charge in [0.1, 0.15) is 6.17 Å². The third-order valence-corrected chi connectivity index (χ3v) is 6.74. The van der Waals surface area contributed by atoms with Gasteiger partial charge >= 0.3 is 0 Å². The van der Waals surface area contributed by atoms with E-state index in [4.69, 9.17) is 9.47 Å². The van der Waals surface area contributed by atoms with Crippen LogP contribution in [-0.4, -0.2) is 18.9 Å². The molecule has 0 saturated carbocycles. The van der Waals surface area contributed by atoms with Gasteiger partial charge < -0.3 is 25.4 Å². The van der Waals surface area contributed by atoms with Crippen LogP contribution in [0, 0.1) is 0 Å². The molecule has 3 N–H and O–H groups in total. The van der Waals surface area contributed by atoms with Gasteiger partial charge in [-0.25, -0.2) is 0 Å². The molecule has 0 saturated heterocycles. The van der Waals surface area contributed by atoms with Crippen LogP contribution in [-0.2, 0) is 0 Å². The number of nitrogens with one attached hydrogen (secondary N) is 3. The fourth-order valence-corrected chi connectivity index (χ4v) is 4.73. The van der Waals surface area contributed by atoms with Crippen molar-refractivity contribution in [2.45, 2.75) is 71.4 Å². The maximum Gasteiger partial charge on any atom is 0.255 e. The number of dihydropyridines is 1. The van der Waals surface area contributed by atoms with Gasteiger partial charge in [-0.05, 0) is 61.1 Å². The summed E-state index contributed by atoms with van der Waals surface area (Å²) in [5.41, 5.74) is 4.67. The summed E-state index contributed by atoms with van der Waals surface area (Å²) >= 11 is 0. The highest BCUT2D eigenvalue weighted by atomic mass is 16.7. The molecule has 196 valence electrons. The van der Waals surface area contributed by atoms with Crippen molar-refractivity contribution in [3.63, 3.8) is 0 Å². The Morgan fingerprint density at radius 2 is 1.86 bits per heavy atom. The SMILES string of the molecule is CC/C=C(/NC(=O)c1ccc(C(CCC)CCCC)cc1)C1=CNC(Nc2ccc3c(c2)OCO3)C=C1. The lowest BCUT2D eigenvalue weighted by Crippen LogP contribution is -2.34. The Bertz CT molecular complexity index is 1150. The molecular formula is C31H39N3O3. The van der Waals surface area contributed by atoms with E-state index in [0.717, 1.165) is 34.9 Å². The van der Waals surface area contributed by atoms with Crippen LogP contribution >= 0.6 is 0 Å². The van der Waals surface area contributed by atoms with E-state index in [2.05, 4.69) is 48.9 Å². The molecule has 2 aromatic carbocycles. The zero-order valence-electron chi connectivity index (χ0n) is 22.2. The van der Waals surface area contributed by atoms with Crippen LogP contribution in [0.5, 0.6) is 11.5 Å². The number of carbonyl (C=O) groups excluding carboxylic acids is 1. The molecule has 0 radical (unpaired) electrons. The number of unbranched alkanes of at least 4 members (excludes halogenated alkanes) is 1. The van der Waals surface area contributed by atoms with Gasteiger partial charge in [-0.1, -0.05) is 64.3 Å². The molecule has 2 aromatic rings. The molecule has 2 unspecified atom stereocenters. The molecule has 0 fully saturated rings. The van der Waals surface area contributed by atoms with Crippen molar-refractivity contribution >= 4 is 11.6 Å². The van der Waals surface area contributed by atoms with Crippen LogP contribution in [0.2, 0.25) is 0 Å². The van der Waals surface area contributed by atoms with E-state index in [9.17, 15) is 4.79 Å². The number of allylic oxidation sites excluding steroid dienone is 2. The lowest BCUT2D eigenvalue weighted by molar-refractivity contribution is 0.0966. The van der Waals surface area contributed by atoms with Gasteiger partial charge in [-0.2, -0.15) is 0 Å². The lowest BCUT2D eigenvalue weighted by atomic mass is 9.89. The van der Waals surface area contributed by atoms with Crippen molar-refractivity contribution in [1.29, 1.82) is 0 Å². The highest BCUT2D eigenvalue weighted by Gasteiger charge is 2.17. The normalized spacial score (nSPS) is 17.1. The van der Waals surface area contributed by atoms with E-state index in [0.29, 0.717) is 11.5 Å². The van der Waals surface area contributed by atoms with Gasteiger partial charge in [0.25, 0.3) is 5.91 Å². The molecule has 0 aliphatic carbocycles. The van der Waals surface area contributed by atoms with Crippen molar-refractivity contribution in [1.82, 2.24) is 10.6 Å². The summed E-state index contributed by atoms with van der Waals surface area (Å²) < 4.78 is 10.8. The highest BCUT2D eigenvalue weighted by molar-refractivity contribution is 5.95. The first-order chi connectivity index (χ1) is 18.1. The molecule has 37 heavy (non-hydrogen) atoms. The van der Waals surface area contributed by atoms with Crippen molar-refractivity contribution in [2.24, 2.45) is 0 Å². The summed E-state index contributed by atoms with van der Waals surface area (Å²) in [6.45, 7) is 6.80. The van der Waals surface area contributed by atoms with E-state index < -0.39 is 0 Å². The fraction of sp³-hybridized carbons (Fsp3) is 0.387. The number of carbonyl (C=O) groups is 1. The second-order valence-electron chi connectivity index (χ2n) is 9.55. The Labute approximate surface area is 220 Å². The molecule has 2 atom stereocenters. The Hall–Kier alpha value is -3.67. The summed E-state index contributed by atoms with van der Waals surface area (Å²) in [7, 11) is 0. The van der Waals surface area contributed by atoms with E-state index in [1.54, 1.807) is 0 Å². The zero-order chi connectivity index (χ0) is 26.0. The summed E-state index contributed by atoms with van der Waals surface area (Å²) in [4.78, 5) is 13.1. The highest BCUT2D eigenvalue weighted by Crippen LogP contribution is 2.34. The average Bonchev–Trinajstić information content (AvgIpc) is 3.39. The molecule has 2 aliphatic rings. The van der Waals surface area contributed by atoms with Gasteiger partial charge in [-0.3, -0.25) is 4.79 Å². The molecule has 1 amide bonds. The van der Waals surface area contributed by atoms with Crippen LogP contribution in [0.15, 0.2) is 78.2 Å². The number of rotatable bonds is 12. The van der Waals surface area contributed by atoms with E-state index in [-0.39, 0.29) is 18.9 Å². The smallest absolute Gasteiger partial charge is 0.255 e. The average molecular weight is 502 g/mol. The summed E-state index contributed by atoms with van der Waals surface area (Å²) in [6, 6.07) is 14.0. The van der Waals surface area contributed by atoms with Crippen LogP contribution in [0.25, 0.3) is 0 Å². The maximum absolute atomic E-state index is 13.1. The van der Waals surface area contributed by atoms with Crippen LogP contribution in [0.1, 0.15) is 81.1 Å². The fourth-order valence-electron chi connectivity index (χ4n) is 4.73. The van der Waals surface area contributed by atoms with E-state index in [1.807, 2.05) is 54.8 Å². The second kappa shape index (κ2) is 13.0. The van der Waals surface area contributed by atoms with E-state index >= 15 is 0 Å². The largest absolute Gasteiger partial charge is 0.454 e. The Balaban J connectivity index is 1.36. The van der Waals surface area contributed by atoms with Crippen LogP contribution < -0.4 is 25.4 Å². The second-order valence-corrected chi connectivity index (χ2v) is 9.55. The predicted octanol–water partition coefficient (Wildman–Crippen LogP) is 6.99. The molecule has 0 aromatic heterocycles. The minimum atomic E-state index is -0.0956. The summed E-state index contributed by atoms with van der Waals surface area (Å²) in [5, 5.41) is 9.90. The monoisotopic (exact) mass is 501 g/mol. The molecule has 0 bridgehead atoms. The van der Waals surface area contributed by atoms with Crippen molar-refractivity contribution in [2.75, 3.05) is 12.1 Å². The van der Waals surface area contributed by atoms with E-state index in [1.165, 1.54) is 37.7 Å². The van der Waals surface area contributed by atoms with Gasteiger partial charge in [0.2, 0.25) is 6.79 Å². The summed E-state index contributed by atoms with van der Waals surface area (Å²) in [5.74, 6) is 1.98. The van der Waals surface area contributed by atoms with Crippen molar-refractivity contribution in [3.05, 3.63) is 89.3 Å². The Morgan fingerprint density at radius 3 is 2.57 bits per heavy atom. The lowest BCUT2D eigenvalue weighted by Gasteiger charge is -2.22. The number of anilines is 1. The van der Waals surface area contributed by atoms with Crippen molar-refractivity contribution < 1.29 is 14.3 Å². The number of amides is 1. The third kappa shape index (κ3) is 6.97. The number of hydrogen-bond acceptors (Lipinski definition) is 5. The molecule has 2 aliphatic heterocycles. The molecule has 4 rings (SSSR count). The standard InChI is InChI=1S/C31H39N3O3/c1-4-7-10-22(8-5-2)23-11-13-24(14-12-23)31(35)34-27(9-6-3)25-15-18-30(32-20-25)33-26-16-17-28-29(19-26)37-21-36-28/h9,11-20,22,30,32-33H,4-8,10,21H2,1-3H3,(H,34,35)/b27-9+. The topological polar surface area (TPSA) is 71.6 Å². The summed E-state index contributed by atoms with van der Waals surface area (Å²) in [6.07, 6.45) is 14.8. The van der Waals surface area contributed by atoms with Crippen LogP contribution in [0.3, 0.4) is 0 Å². The Kier molecular flexibility index (Phi) is 9.30. The molecule has 6 nitrogen and oxygen atoms in total. The van der Waals surface area contributed by atoms with Crippen LogP contribution in [0.4, 0.5) is 5.69 Å². The number of hydrogen-bond donors (Lipinski definition) is 3. The number of benzene rings is 2. The van der Waals surface area contributed by atoms with Gasteiger partial charge in [0.15, 0.2) is 11.5 Å². The van der Waals surface area contributed by atoms with Crippen molar-refractivity contribution in [3.8, 4) is 11.5 Å². The first kappa shape index (κ1) is 26.4. The Morgan fingerprint density at radius 1 is 1.05 bits per heavy atom.